The second kappa shape index (κ2) is 9.67. The number of thiophene rings is 1. The number of rotatable bonds is 7. The number of amides is 1. The molecule has 32 heavy (non-hydrogen) atoms. The summed E-state index contributed by atoms with van der Waals surface area (Å²) in [6, 6.07) is 19.6. The Morgan fingerprint density at radius 1 is 1.09 bits per heavy atom. The largest absolute Gasteiger partial charge is 0.495 e. The molecule has 4 rings (SSSR count). The third kappa shape index (κ3) is 4.82. The number of methoxy groups -OCH3 is 1. The van der Waals surface area contributed by atoms with Gasteiger partial charge in [-0.2, -0.15) is 5.10 Å². The van der Waals surface area contributed by atoms with Crippen LogP contribution in [0.25, 0.3) is 16.3 Å². The predicted octanol–water partition coefficient (Wildman–Crippen LogP) is 5.06. The van der Waals surface area contributed by atoms with Crippen LogP contribution in [0.4, 0.5) is 5.69 Å². The molecule has 0 radical (unpaired) electrons. The van der Waals surface area contributed by atoms with Crippen molar-refractivity contribution in [2.45, 2.75) is 0 Å². The summed E-state index contributed by atoms with van der Waals surface area (Å²) in [5, 5.41) is 9.49. The van der Waals surface area contributed by atoms with Crippen LogP contribution in [0.1, 0.15) is 10.5 Å². The van der Waals surface area contributed by atoms with Gasteiger partial charge < -0.3 is 14.8 Å². The monoisotopic (exact) mass is 467 g/mol. The maximum absolute atomic E-state index is 12.8. The van der Waals surface area contributed by atoms with Gasteiger partial charge in [0.2, 0.25) is 0 Å². The molecule has 0 saturated heterocycles. The number of para-hydroxylation sites is 1. The lowest BCUT2D eigenvalue weighted by Gasteiger charge is -2.09. The van der Waals surface area contributed by atoms with Crippen molar-refractivity contribution in [3.05, 3.63) is 82.8 Å². The molecular weight excluding hydrogens is 450 g/mol. The van der Waals surface area contributed by atoms with Crippen molar-refractivity contribution in [3.63, 3.8) is 0 Å². The number of benzene rings is 2. The van der Waals surface area contributed by atoms with Crippen molar-refractivity contribution < 1.29 is 19.1 Å². The van der Waals surface area contributed by atoms with E-state index in [4.69, 9.17) is 21.1 Å². The Hall–Kier alpha value is -3.62. The van der Waals surface area contributed by atoms with Crippen LogP contribution in [0.3, 0.4) is 0 Å². The van der Waals surface area contributed by atoms with Crippen LogP contribution in [0, 0.1) is 0 Å². The highest BCUT2D eigenvalue weighted by Crippen LogP contribution is 2.28. The summed E-state index contributed by atoms with van der Waals surface area (Å²) in [5.74, 6) is -0.664. The van der Waals surface area contributed by atoms with Gasteiger partial charge in [0, 0.05) is 11.8 Å². The highest BCUT2D eigenvalue weighted by Gasteiger charge is 2.20. The van der Waals surface area contributed by atoms with E-state index >= 15 is 0 Å². The van der Waals surface area contributed by atoms with Crippen molar-refractivity contribution >= 4 is 40.5 Å². The molecule has 0 fully saturated rings. The van der Waals surface area contributed by atoms with Crippen LogP contribution in [-0.4, -0.2) is 35.4 Å². The highest BCUT2D eigenvalue weighted by atomic mass is 35.5. The standard InChI is InChI=1S/C23H18ClN3O4S/c1-30-20-10-9-15(12-17(20)24)25-22(28)14-31-23(29)19-13-18(21-8-5-11-32-21)26-27(19)16-6-3-2-4-7-16/h2-13H,14H2,1H3,(H,25,28). The van der Waals surface area contributed by atoms with Crippen molar-refractivity contribution in [3.8, 4) is 22.0 Å². The van der Waals surface area contributed by atoms with E-state index in [9.17, 15) is 9.59 Å². The van der Waals surface area contributed by atoms with Gasteiger partial charge in [0.15, 0.2) is 12.3 Å². The van der Waals surface area contributed by atoms with E-state index in [1.165, 1.54) is 23.1 Å². The molecule has 7 nitrogen and oxygen atoms in total. The van der Waals surface area contributed by atoms with E-state index in [1.54, 1.807) is 24.3 Å². The molecule has 0 unspecified atom stereocenters. The fraction of sp³-hybridized carbons (Fsp3) is 0.0870. The molecular formula is C23H18ClN3O4S. The fourth-order valence-electron chi connectivity index (χ4n) is 2.98. The summed E-state index contributed by atoms with van der Waals surface area (Å²) >= 11 is 7.59. The van der Waals surface area contributed by atoms with Gasteiger partial charge in [-0.25, -0.2) is 9.48 Å². The molecule has 1 amide bonds. The molecule has 0 atom stereocenters. The summed E-state index contributed by atoms with van der Waals surface area (Å²) in [6.07, 6.45) is 0. The van der Waals surface area contributed by atoms with E-state index in [0.717, 1.165) is 4.88 Å². The Bertz CT molecular complexity index is 1240. The van der Waals surface area contributed by atoms with Gasteiger partial charge in [-0.15, -0.1) is 11.3 Å². The highest BCUT2D eigenvalue weighted by molar-refractivity contribution is 7.13. The summed E-state index contributed by atoms with van der Waals surface area (Å²) < 4.78 is 11.9. The van der Waals surface area contributed by atoms with Crippen molar-refractivity contribution in [1.29, 1.82) is 0 Å². The van der Waals surface area contributed by atoms with E-state index in [-0.39, 0.29) is 5.69 Å². The number of nitrogens with one attached hydrogen (secondary N) is 1. The Morgan fingerprint density at radius 3 is 2.59 bits per heavy atom. The van der Waals surface area contributed by atoms with Gasteiger partial charge in [0.1, 0.15) is 11.4 Å². The number of anilines is 1. The minimum absolute atomic E-state index is 0.222. The number of nitrogens with zero attached hydrogens (tertiary/aromatic N) is 2. The van der Waals surface area contributed by atoms with Gasteiger partial charge in [0.05, 0.1) is 22.7 Å². The average molecular weight is 468 g/mol. The number of esters is 1. The molecule has 2 heterocycles. The number of aromatic nitrogens is 2. The van der Waals surface area contributed by atoms with E-state index in [2.05, 4.69) is 10.4 Å². The summed E-state index contributed by atoms with van der Waals surface area (Å²) in [4.78, 5) is 26.0. The maximum atomic E-state index is 12.8. The first-order chi connectivity index (χ1) is 15.5. The molecule has 9 heteroatoms. The van der Waals surface area contributed by atoms with Crippen molar-refractivity contribution in [2.24, 2.45) is 0 Å². The minimum Gasteiger partial charge on any atom is -0.495 e. The number of carbonyl (C=O) groups excluding carboxylic acids is 2. The fourth-order valence-corrected chi connectivity index (χ4v) is 3.92. The second-order valence-electron chi connectivity index (χ2n) is 6.61. The van der Waals surface area contributed by atoms with Gasteiger partial charge in [0.25, 0.3) is 5.91 Å². The minimum atomic E-state index is -0.660. The lowest BCUT2D eigenvalue weighted by molar-refractivity contribution is -0.119. The van der Waals surface area contributed by atoms with Gasteiger partial charge in [-0.3, -0.25) is 4.79 Å². The number of halogens is 1. The smallest absolute Gasteiger partial charge is 0.357 e. The van der Waals surface area contributed by atoms with Gasteiger partial charge in [-0.05, 0) is 41.8 Å². The third-order valence-corrected chi connectivity index (χ3v) is 5.65. The number of carbonyl (C=O) groups is 2. The lowest BCUT2D eigenvalue weighted by Crippen LogP contribution is -2.22. The van der Waals surface area contributed by atoms with Crippen molar-refractivity contribution in [1.82, 2.24) is 9.78 Å². The summed E-state index contributed by atoms with van der Waals surface area (Å²) in [5.41, 5.74) is 2.04. The molecule has 0 aliphatic heterocycles. The van der Waals surface area contributed by atoms with Crippen LogP contribution in [-0.2, 0) is 9.53 Å². The van der Waals surface area contributed by atoms with E-state index in [1.807, 2.05) is 47.8 Å². The zero-order valence-electron chi connectivity index (χ0n) is 16.9. The molecule has 0 saturated carbocycles. The zero-order chi connectivity index (χ0) is 22.5. The first kappa shape index (κ1) is 21.6. The Morgan fingerprint density at radius 2 is 1.91 bits per heavy atom. The lowest BCUT2D eigenvalue weighted by atomic mass is 10.3. The molecule has 0 aliphatic rings. The molecule has 0 bridgehead atoms. The first-order valence-corrected chi connectivity index (χ1v) is 10.8. The Labute approximate surface area is 193 Å². The van der Waals surface area contributed by atoms with E-state index in [0.29, 0.717) is 27.8 Å². The Balaban J connectivity index is 1.49. The van der Waals surface area contributed by atoms with Crippen molar-refractivity contribution in [2.75, 3.05) is 19.0 Å². The molecule has 0 aliphatic carbocycles. The molecule has 2 aromatic carbocycles. The first-order valence-electron chi connectivity index (χ1n) is 9.55. The number of ether oxygens (including phenoxy) is 2. The Kier molecular flexibility index (Phi) is 6.53. The van der Waals surface area contributed by atoms with Gasteiger partial charge in [-0.1, -0.05) is 35.9 Å². The van der Waals surface area contributed by atoms with E-state index < -0.39 is 18.5 Å². The van der Waals surface area contributed by atoms with Crippen LogP contribution >= 0.6 is 22.9 Å². The molecule has 4 aromatic rings. The molecule has 0 spiro atoms. The van der Waals surface area contributed by atoms with Crippen LogP contribution in [0.2, 0.25) is 5.02 Å². The quantitative estimate of drug-likeness (QED) is 0.384. The topological polar surface area (TPSA) is 82.4 Å². The third-order valence-electron chi connectivity index (χ3n) is 4.46. The SMILES string of the molecule is COc1ccc(NC(=O)COC(=O)c2cc(-c3cccs3)nn2-c2ccccc2)cc1Cl. The average Bonchev–Trinajstić information content (AvgIpc) is 3.48. The number of hydrogen-bond acceptors (Lipinski definition) is 6. The van der Waals surface area contributed by atoms with Crippen LogP contribution in [0.15, 0.2) is 72.1 Å². The van der Waals surface area contributed by atoms with Crippen LogP contribution < -0.4 is 10.1 Å². The summed E-state index contributed by atoms with van der Waals surface area (Å²) in [7, 11) is 1.50. The second-order valence-corrected chi connectivity index (χ2v) is 7.97. The maximum Gasteiger partial charge on any atom is 0.357 e. The van der Waals surface area contributed by atoms with Crippen LogP contribution in [0.5, 0.6) is 5.75 Å². The molecule has 2 aromatic heterocycles. The normalized spacial score (nSPS) is 10.6. The summed E-state index contributed by atoms with van der Waals surface area (Å²) in [6.45, 7) is -0.462. The predicted molar refractivity (Wildman–Crippen MR) is 124 cm³/mol. The molecule has 1 N–H and O–H groups in total. The van der Waals surface area contributed by atoms with Gasteiger partial charge >= 0.3 is 5.97 Å². The zero-order valence-corrected chi connectivity index (χ0v) is 18.5. The molecule has 162 valence electrons. The number of hydrogen-bond donors (Lipinski definition) is 1.